The van der Waals surface area contributed by atoms with Gasteiger partial charge in [0, 0.05) is 25.2 Å². The highest BCUT2D eigenvalue weighted by molar-refractivity contribution is 7.80. The first-order valence-electron chi connectivity index (χ1n) is 12.6. The van der Waals surface area contributed by atoms with Crippen LogP contribution in [-0.4, -0.2) is 46.4 Å². The predicted octanol–water partition coefficient (Wildman–Crippen LogP) is 5.25. The number of fused-ring (bicyclic) bond motifs is 1. The summed E-state index contributed by atoms with van der Waals surface area (Å²) in [7, 11) is 3.04. The minimum absolute atomic E-state index is 0.0723. The lowest BCUT2D eigenvalue weighted by Gasteiger charge is -2.29. The molecule has 1 aliphatic heterocycles. The molecule has 0 saturated carbocycles. The molecule has 6 rings (SSSR count). The molecule has 1 amide bonds. The summed E-state index contributed by atoms with van der Waals surface area (Å²) >= 11 is 7.55. The van der Waals surface area contributed by atoms with Crippen LogP contribution in [0, 0.1) is 0 Å². The summed E-state index contributed by atoms with van der Waals surface area (Å²) in [6.45, 7) is -0.0723. The van der Waals surface area contributed by atoms with Gasteiger partial charge in [0.25, 0.3) is 0 Å². The van der Waals surface area contributed by atoms with E-state index in [1.165, 1.54) is 7.11 Å². The van der Waals surface area contributed by atoms with Gasteiger partial charge in [0.2, 0.25) is 5.91 Å². The van der Waals surface area contributed by atoms with Gasteiger partial charge in [-0.2, -0.15) is 0 Å². The Bertz CT molecular complexity index is 1650. The average Bonchev–Trinajstić information content (AvgIpc) is 3.70. The number of para-hydroxylation sites is 1. The van der Waals surface area contributed by atoms with E-state index in [2.05, 4.69) is 37.2 Å². The van der Waals surface area contributed by atoms with Crippen LogP contribution in [-0.2, 0) is 9.53 Å². The van der Waals surface area contributed by atoms with Gasteiger partial charge in [-0.25, -0.2) is 4.98 Å². The Hall–Kier alpha value is -4.32. The van der Waals surface area contributed by atoms with Gasteiger partial charge in [0.15, 0.2) is 10.2 Å². The van der Waals surface area contributed by atoms with Gasteiger partial charge in [-0.3, -0.25) is 14.3 Å². The van der Waals surface area contributed by atoms with Crippen molar-refractivity contribution in [1.29, 1.82) is 0 Å². The number of nitrogens with zero attached hydrogens (tertiary/aromatic N) is 4. The molecular formula is C29H26N6O3S2. The van der Waals surface area contributed by atoms with Crippen LogP contribution < -0.4 is 20.3 Å². The van der Waals surface area contributed by atoms with Crippen LogP contribution in [0.4, 0.5) is 11.4 Å². The van der Waals surface area contributed by atoms with Crippen molar-refractivity contribution < 1.29 is 14.3 Å². The molecule has 0 radical (unpaired) electrons. The van der Waals surface area contributed by atoms with Crippen LogP contribution >= 0.6 is 23.6 Å². The van der Waals surface area contributed by atoms with Crippen molar-refractivity contribution in [2.45, 2.75) is 12.1 Å². The van der Waals surface area contributed by atoms with Gasteiger partial charge in [-0.05, 0) is 66.8 Å². The molecule has 0 unspecified atom stereocenters. The highest BCUT2D eigenvalue weighted by Gasteiger charge is 2.42. The minimum Gasteiger partial charge on any atom is -0.495 e. The second-order valence-electron chi connectivity index (χ2n) is 9.13. The molecule has 1 aliphatic rings. The molecule has 2 aromatic carbocycles. The number of ether oxygens (including phenoxy) is 2. The highest BCUT2D eigenvalue weighted by atomic mass is 32.1. The van der Waals surface area contributed by atoms with Crippen LogP contribution in [0.2, 0.25) is 0 Å². The molecule has 0 bridgehead atoms. The molecule has 0 aliphatic carbocycles. The molecule has 9 nitrogen and oxygen atoms in total. The first-order valence-corrected chi connectivity index (χ1v) is 13.8. The molecule has 3 aromatic heterocycles. The van der Waals surface area contributed by atoms with Crippen LogP contribution in [0.5, 0.6) is 5.75 Å². The van der Waals surface area contributed by atoms with Crippen molar-refractivity contribution in [2.75, 3.05) is 31.0 Å². The van der Waals surface area contributed by atoms with Crippen molar-refractivity contribution in [1.82, 2.24) is 19.9 Å². The number of hydrogen-bond acceptors (Lipinski definition) is 7. The Labute approximate surface area is 240 Å². The Morgan fingerprint density at radius 1 is 1.10 bits per heavy atom. The number of rotatable bonds is 8. The van der Waals surface area contributed by atoms with E-state index in [0.717, 1.165) is 32.4 Å². The van der Waals surface area contributed by atoms with E-state index in [0.29, 0.717) is 16.5 Å². The van der Waals surface area contributed by atoms with Crippen LogP contribution in [0.1, 0.15) is 23.5 Å². The molecule has 2 atom stereocenters. The van der Waals surface area contributed by atoms with E-state index >= 15 is 0 Å². The van der Waals surface area contributed by atoms with E-state index in [1.807, 2.05) is 66.9 Å². The van der Waals surface area contributed by atoms with Crippen LogP contribution in [0.25, 0.3) is 15.3 Å². The zero-order valence-corrected chi connectivity index (χ0v) is 23.4. The Kier molecular flexibility index (Phi) is 7.16. The van der Waals surface area contributed by atoms with E-state index in [9.17, 15) is 4.79 Å². The number of carbonyl (C=O) groups is 1. The maximum absolute atomic E-state index is 12.4. The number of anilines is 2. The third-order valence-electron chi connectivity index (χ3n) is 6.68. The fraction of sp³-hybridized carbons (Fsp3) is 0.172. The van der Waals surface area contributed by atoms with Gasteiger partial charge in [-0.15, -0.1) is 0 Å². The van der Waals surface area contributed by atoms with E-state index in [-0.39, 0.29) is 24.6 Å². The number of hydrogen-bond donors (Lipinski definition) is 2. The molecule has 1 fully saturated rings. The van der Waals surface area contributed by atoms with E-state index < -0.39 is 0 Å². The zero-order valence-electron chi connectivity index (χ0n) is 21.8. The standard InChI is InChI=1S/C29H26N6O3S2/c1-37-17-25(36)31-21-16-18(12-13-23(21)38-2)35-27(26(33-28(35)39)20-9-5-6-14-30-20)22-10-7-15-34(22)29-32-19-8-3-4-11-24(19)40-29/h3-16,26-27H,17H2,1-2H3,(H,31,36)(H,33,39)/t26-,27-/m0/s1. The predicted molar refractivity (Wildman–Crippen MR) is 160 cm³/mol. The van der Waals surface area contributed by atoms with Gasteiger partial charge in [0.1, 0.15) is 18.4 Å². The van der Waals surface area contributed by atoms with Crippen LogP contribution in [0.15, 0.2) is 85.2 Å². The fourth-order valence-corrected chi connectivity index (χ4v) is 6.28. The summed E-state index contributed by atoms with van der Waals surface area (Å²) in [6.07, 6.45) is 3.80. The molecule has 2 N–H and O–H groups in total. The first kappa shape index (κ1) is 25.9. The zero-order chi connectivity index (χ0) is 27.6. The number of thiocarbonyl (C=S) groups is 1. The maximum Gasteiger partial charge on any atom is 0.250 e. The molecule has 0 spiro atoms. The average molecular weight is 571 g/mol. The summed E-state index contributed by atoms with van der Waals surface area (Å²) in [5.74, 6) is 0.245. The molecule has 202 valence electrons. The minimum atomic E-state index is -0.285. The SMILES string of the molecule is COCC(=O)Nc1cc(N2C(=S)N[C@@H](c3ccccn3)[C@@H]2c2cccn2-c2nc3ccccc3s2)ccc1OC. The number of nitrogens with one attached hydrogen (secondary N) is 2. The van der Waals surface area contributed by atoms with Gasteiger partial charge >= 0.3 is 0 Å². The Morgan fingerprint density at radius 3 is 2.73 bits per heavy atom. The number of pyridine rings is 1. The molecule has 5 aromatic rings. The fourth-order valence-electron chi connectivity index (χ4n) is 4.97. The molecule has 4 heterocycles. The number of aromatic nitrogens is 3. The lowest BCUT2D eigenvalue weighted by molar-refractivity contribution is -0.119. The third-order valence-corrected chi connectivity index (χ3v) is 8.03. The number of carbonyl (C=O) groups excluding carboxylic acids is 1. The summed E-state index contributed by atoms with van der Waals surface area (Å²) in [5.41, 5.74) is 4.10. The van der Waals surface area contributed by atoms with Crippen molar-refractivity contribution in [2.24, 2.45) is 0 Å². The largest absolute Gasteiger partial charge is 0.495 e. The van der Waals surface area contributed by atoms with Crippen molar-refractivity contribution in [3.63, 3.8) is 0 Å². The quantitative estimate of drug-likeness (QED) is 0.244. The molecule has 1 saturated heterocycles. The lowest BCUT2D eigenvalue weighted by Crippen LogP contribution is -2.30. The van der Waals surface area contributed by atoms with Crippen molar-refractivity contribution in [3.05, 3.63) is 96.6 Å². The Balaban J connectivity index is 1.47. The van der Waals surface area contributed by atoms with E-state index in [4.69, 9.17) is 26.7 Å². The van der Waals surface area contributed by atoms with Gasteiger partial charge < -0.3 is 25.0 Å². The van der Waals surface area contributed by atoms with Crippen LogP contribution in [0.3, 0.4) is 0 Å². The van der Waals surface area contributed by atoms with E-state index in [1.54, 1.807) is 24.6 Å². The second kappa shape index (κ2) is 11.0. The molecular weight excluding hydrogens is 544 g/mol. The summed E-state index contributed by atoms with van der Waals surface area (Å²) in [4.78, 5) is 24.0. The third kappa shape index (κ3) is 4.79. The lowest BCUT2D eigenvalue weighted by atomic mass is 10.0. The second-order valence-corrected chi connectivity index (χ2v) is 10.5. The molecule has 40 heavy (non-hydrogen) atoms. The monoisotopic (exact) mass is 570 g/mol. The van der Waals surface area contributed by atoms with Crippen molar-refractivity contribution >= 4 is 56.2 Å². The van der Waals surface area contributed by atoms with Gasteiger partial charge in [-0.1, -0.05) is 29.5 Å². The summed E-state index contributed by atoms with van der Waals surface area (Å²) in [5, 5.41) is 7.78. The first-order chi connectivity index (χ1) is 19.6. The maximum atomic E-state index is 12.4. The number of benzene rings is 2. The summed E-state index contributed by atoms with van der Waals surface area (Å²) in [6, 6.07) is 23.1. The Morgan fingerprint density at radius 2 is 1.95 bits per heavy atom. The highest BCUT2D eigenvalue weighted by Crippen LogP contribution is 2.44. The van der Waals surface area contributed by atoms with Gasteiger partial charge in [0.05, 0.1) is 40.4 Å². The number of amides is 1. The molecule has 11 heteroatoms. The smallest absolute Gasteiger partial charge is 0.250 e. The number of thiazole rings is 1. The normalized spacial score (nSPS) is 16.8. The summed E-state index contributed by atoms with van der Waals surface area (Å²) < 4.78 is 13.7. The topological polar surface area (TPSA) is 93.5 Å². The number of methoxy groups -OCH3 is 2. The van der Waals surface area contributed by atoms with Crippen molar-refractivity contribution in [3.8, 4) is 10.9 Å².